The highest BCUT2D eigenvalue weighted by Gasteiger charge is 2.23. The fourth-order valence-electron chi connectivity index (χ4n) is 3.27. The summed E-state index contributed by atoms with van der Waals surface area (Å²) in [5, 5.41) is 0. The molecule has 1 saturated carbocycles. The van der Waals surface area contributed by atoms with Gasteiger partial charge in [0.25, 0.3) is 5.56 Å². The highest BCUT2D eigenvalue weighted by atomic mass is 16.1. The molecule has 3 nitrogen and oxygen atoms in total. The molecule has 0 saturated heterocycles. The van der Waals surface area contributed by atoms with Crippen molar-refractivity contribution in [3.05, 3.63) is 52.6 Å². The average Bonchev–Trinajstić information content (AvgIpc) is 2.55. The SMILES string of the molecule is CCC1CCC(c2nc(-c3ccccc3)cc(=O)[nH]2)CC1. The van der Waals surface area contributed by atoms with Gasteiger partial charge in [-0.1, -0.05) is 43.7 Å². The molecule has 0 spiro atoms. The minimum atomic E-state index is -0.0449. The molecule has 21 heavy (non-hydrogen) atoms. The van der Waals surface area contributed by atoms with Gasteiger partial charge in [0.2, 0.25) is 0 Å². The minimum Gasteiger partial charge on any atom is -0.310 e. The van der Waals surface area contributed by atoms with Crippen LogP contribution in [0.2, 0.25) is 0 Å². The number of hydrogen-bond acceptors (Lipinski definition) is 2. The molecule has 0 amide bonds. The predicted octanol–water partition coefficient (Wildman–Crippen LogP) is 4.12. The Hall–Kier alpha value is -1.90. The topological polar surface area (TPSA) is 45.8 Å². The lowest BCUT2D eigenvalue weighted by Crippen LogP contribution is -2.19. The van der Waals surface area contributed by atoms with E-state index in [-0.39, 0.29) is 5.56 Å². The van der Waals surface area contributed by atoms with E-state index in [1.165, 1.54) is 19.3 Å². The molecule has 0 radical (unpaired) electrons. The monoisotopic (exact) mass is 282 g/mol. The molecule has 0 atom stereocenters. The fraction of sp³-hybridized carbons (Fsp3) is 0.444. The van der Waals surface area contributed by atoms with Gasteiger partial charge in [0.15, 0.2) is 0 Å². The summed E-state index contributed by atoms with van der Waals surface area (Å²) >= 11 is 0. The van der Waals surface area contributed by atoms with E-state index in [0.717, 1.165) is 35.8 Å². The zero-order valence-corrected chi connectivity index (χ0v) is 12.5. The molecule has 0 bridgehead atoms. The van der Waals surface area contributed by atoms with Crippen LogP contribution in [0.15, 0.2) is 41.2 Å². The van der Waals surface area contributed by atoms with Crippen molar-refractivity contribution in [1.82, 2.24) is 9.97 Å². The van der Waals surface area contributed by atoms with Crippen molar-refractivity contribution in [1.29, 1.82) is 0 Å². The third-order valence-electron chi connectivity index (χ3n) is 4.64. The molecular formula is C18H22N2O. The highest BCUT2D eigenvalue weighted by molar-refractivity contribution is 5.58. The van der Waals surface area contributed by atoms with Crippen LogP contribution in [0.5, 0.6) is 0 Å². The second-order valence-electron chi connectivity index (χ2n) is 6.01. The first-order valence-corrected chi connectivity index (χ1v) is 7.93. The van der Waals surface area contributed by atoms with Crippen LogP contribution in [0.25, 0.3) is 11.3 Å². The molecule has 0 aliphatic heterocycles. The van der Waals surface area contributed by atoms with E-state index in [1.807, 2.05) is 30.3 Å². The summed E-state index contributed by atoms with van der Waals surface area (Å²) in [7, 11) is 0. The number of aromatic nitrogens is 2. The number of benzene rings is 1. The Bertz CT molecular complexity index is 640. The van der Waals surface area contributed by atoms with Gasteiger partial charge in [-0.05, 0) is 31.6 Å². The Morgan fingerprint density at radius 1 is 1.14 bits per heavy atom. The van der Waals surface area contributed by atoms with Gasteiger partial charge in [0.05, 0.1) is 5.69 Å². The molecule has 3 heteroatoms. The lowest BCUT2D eigenvalue weighted by Gasteiger charge is -2.27. The van der Waals surface area contributed by atoms with E-state index in [2.05, 4.69) is 11.9 Å². The molecule has 1 aliphatic carbocycles. The van der Waals surface area contributed by atoms with E-state index in [1.54, 1.807) is 6.07 Å². The van der Waals surface area contributed by atoms with Crippen LogP contribution in [0.1, 0.15) is 50.8 Å². The number of aromatic amines is 1. The maximum absolute atomic E-state index is 12.0. The third-order valence-corrected chi connectivity index (χ3v) is 4.64. The normalized spacial score (nSPS) is 22.1. The van der Waals surface area contributed by atoms with Gasteiger partial charge < -0.3 is 4.98 Å². The van der Waals surface area contributed by atoms with Gasteiger partial charge >= 0.3 is 0 Å². The van der Waals surface area contributed by atoms with Crippen molar-refractivity contribution in [2.24, 2.45) is 5.92 Å². The van der Waals surface area contributed by atoms with Gasteiger partial charge in [-0.2, -0.15) is 0 Å². The number of nitrogens with one attached hydrogen (secondary N) is 1. The van der Waals surface area contributed by atoms with Crippen LogP contribution in [-0.2, 0) is 0 Å². The van der Waals surface area contributed by atoms with E-state index < -0.39 is 0 Å². The van der Waals surface area contributed by atoms with Crippen LogP contribution in [0, 0.1) is 5.92 Å². The standard InChI is InChI=1S/C18H22N2O/c1-2-13-8-10-15(11-9-13)18-19-16(12-17(21)20-18)14-6-4-3-5-7-14/h3-7,12-13,15H,2,8-11H2,1H3,(H,19,20,21). The molecule has 1 fully saturated rings. The van der Waals surface area contributed by atoms with Gasteiger partial charge in [0.1, 0.15) is 5.82 Å². The molecule has 2 aromatic rings. The molecule has 110 valence electrons. The predicted molar refractivity (Wildman–Crippen MR) is 85.3 cm³/mol. The summed E-state index contributed by atoms with van der Waals surface area (Å²) in [6, 6.07) is 11.5. The molecule has 3 rings (SSSR count). The Morgan fingerprint density at radius 3 is 2.52 bits per heavy atom. The Balaban J connectivity index is 1.87. The molecule has 1 heterocycles. The van der Waals surface area contributed by atoms with Crippen LogP contribution < -0.4 is 5.56 Å². The Labute approximate surface area is 125 Å². The fourth-order valence-corrected chi connectivity index (χ4v) is 3.27. The lowest BCUT2D eigenvalue weighted by atomic mass is 9.80. The Kier molecular flexibility index (Phi) is 4.18. The summed E-state index contributed by atoms with van der Waals surface area (Å²) in [4.78, 5) is 19.6. The summed E-state index contributed by atoms with van der Waals surface area (Å²) in [5.74, 6) is 2.13. The van der Waals surface area contributed by atoms with E-state index in [0.29, 0.717) is 5.92 Å². The average molecular weight is 282 g/mol. The van der Waals surface area contributed by atoms with Crippen molar-refractivity contribution in [2.75, 3.05) is 0 Å². The van der Waals surface area contributed by atoms with Gasteiger partial charge in [-0.3, -0.25) is 4.79 Å². The maximum atomic E-state index is 12.0. The molecule has 1 aromatic carbocycles. The summed E-state index contributed by atoms with van der Waals surface area (Å²) in [6.45, 7) is 2.27. The largest absolute Gasteiger partial charge is 0.310 e. The number of nitrogens with zero attached hydrogens (tertiary/aromatic N) is 1. The highest BCUT2D eigenvalue weighted by Crippen LogP contribution is 2.35. The third kappa shape index (κ3) is 3.23. The van der Waals surface area contributed by atoms with Crippen molar-refractivity contribution in [3.8, 4) is 11.3 Å². The second kappa shape index (κ2) is 6.25. The van der Waals surface area contributed by atoms with Crippen LogP contribution in [0.3, 0.4) is 0 Å². The first kappa shape index (κ1) is 14.1. The van der Waals surface area contributed by atoms with Crippen molar-refractivity contribution in [2.45, 2.75) is 44.9 Å². The number of rotatable bonds is 3. The van der Waals surface area contributed by atoms with Gasteiger partial charge in [0, 0.05) is 17.5 Å². The smallest absolute Gasteiger partial charge is 0.251 e. The number of H-pyrrole nitrogens is 1. The van der Waals surface area contributed by atoms with E-state index in [9.17, 15) is 4.79 Å². The van der Waals surface area contributed by atoms with Crippen molar-refractivity contribution in [3.63, 3.8) is 0 Å². The lowest BCUT2D eigenvalue weighted by molar-refractivity contribution is 0.312. The Morgan fingerprint density at radius 2 is 1.86 bits per heavy atom. The molecule has 0 unspecified atom stereocenters. The minimum absolute atomic E-state index is 0.0449. The zero-order chi connectivity index (χ0) is 14.7. The van der Waals surface area contributed by atoms with Crippen molar-refractivity contribution >= 4 is 0 Å². The zero-order valence-electron chi connectivity index (χ0n) is 12.5. The van der Waals surface area contributed by atoms with E-state index in [4.69, 9.17) is 4.98 Å². The van der Waals surface area contributed by atoms with Gasteiger partial charge in [-0.25, -0.2) is 4.98 Å². The van der Waals surface area contributed by atoms with Gasteiger partial charge in [-0.15, -0.1) is 0 Å². The summed E-state index contributed by atoms with van der Waals surface area (Å²) in [6.07, 6.45) is 6.04. The maximum Gasteiger partial charge on any atom is 0.251 e. The number of hydrogen-bond donors (Lipinski definition) is 1. The first-order chi connectivity index (χ1) is 10.3. The van der Waals surface area contributed by atoms with Crippen LogP contribution >= 0.6 is 0 Å². The second-order valence-corrected chi connectivity index (χ2v) is 6.01. The molecule has 1 N–H and O–H groups in total. The van der Waals surface area contributed by atoms with Crippen LogP contribution in [0.4, 0.5) is 0 Å². The summed E-state index contributed by atoms with van der Waals surface area (Å²) in [5.41, 5.74) is 1.75. The first-order valence-electron chi connectivity index (χ1n) is 7.93. The summed E-state index contributed by atoms with van der Waals surface area (Å²) < 4.78 is 0. The molecule has 1 aromatic heterocycles. The van der Waals surface area contributed by atoms with Crippen LogP contribution in [-0.4, -0.2) is 9.97 Å². The molecular weight excluding hydrogens is 260 g/mol. The van der Waals surface area contributed by atoms with Crippen molar-refractivity contribution < 1.29 is 0 Å². The van der Waals surface area contributed by atoms with E-state index >= 15 is 0 Å². The molecule has 1 aliphatic rings. The quantitative estimate of drug-likeness (QED) is 0.920.